The van der Waals surface area contributed by atoms with Crippen LogP contribution in [0.25, 0.3) is 10.9 Å². The first-order chi connectivity index (χ1) is 10.7. The predicted molar refractivity (Wildman–Crippen MR) is 85.8 cm³/mol. The molecule has 1 heterocycles. The molecule has 0 atom stereocenters. The van der Waals surface area contributed by atoms with E-state index in [-0.39, 0.29) is 5.91 Å². The zero-order chi connectivity index (χ0) is 15.5. The predicted octanol–water partition coefficient (Wildman–Crippen LogP) is 3.44. The molecule has 0 aliphatic carbocycles. The number of nitrogens with one attached hydrogen (secondary N) is 2. The number of fused-ring (bicyclic) bond motifs is 1. The Morgan fingerprint density at radius 2 is 1.95 bits per heavy atom. The molecule has 0 aliphatic heterocycles. The van der Waals surface area contributed by atoms with Gasteiger partial charge in [0.25, 0.3) is 5.91 Å². The van der Waals surface area contributed by atoms with Crippen molar-refractivity contribution >= 4 is 22.5 Å². The average molecular weight is 296 g/mol. The van der Waals surface area contributed by atoms with Gasteiger partial charge < -0.3 is 19.8 Å². The Morgan fingerprint density at radius 1 is 1.09 bits per heavy atom. The molecule has 0 bridgehead atoms. The van der Waals surface area contributed by atoms with E-state index in [4.69, 9.17) is 9.47 Å². The smallest absolute Gasteiger partial charge is 0.259 e. The lowest BCUT2D eigenvalue weighted by Crippen LogP contribution is -2.13. The fourth-order valence-electron chi connectivity index (χ4n) is 2.40. The van der Waals surface area contributed by atoms with Crippen LogP contribution in [0.15, 0.2) is 48.7 Å². The number of carbonyl (C=O) groups is 1. The fraction of sp³-hybridized carbons (Fsp3) is 0.118. The molecule has 2 aromatic carbocycles. The third-order valence-electron chi connectivity index (χ3n) is 3.46. The molecule has 5 heteroatoms. The molecule has 0 unspecified atom stereocenters. The largest absolute Gasteiger partial charge is 0.493 e. The number of aromatic nitrogens is 1. The van der Waals surface area contributed by atoms with Crippen molar-refractivity contribution in [2.45, 2.75) is 0 Å². The number of H-pyrrole nitrogens is 1. The third kappa shape index (κ3) is 2.48. The van der Waals surface area contributed by atoms with Gasteiger partial charge >= 0.3 is 0 Å². The maximum atomic E-state index is 12.5. The number of rotatable bonds is 4. The summed E-state index contributed by atoms with van der Waals surface area (Å²) in [5.74, 6) is 0.701. The first kappa shape index (κ1) is 14.0. The molecule has 0 spiro atoms. The minimum atomic E-state index is -0.245. The SMILES string of the molecule is COc1cccc(C(=O)Nc2ccc3[nH]ccc3c2)c1OC. The molecule has 0 aliphatic rings. The highest BCUT2D eigenvalue weighted by Crippen LogP contribution is 2.31. The van der Waals surface area contributed by atoms with E-state index in [1.807, 2.05) is 30.5 Å². The quantitative estimate of drug-likeness (QED) is 0.775. The topological polar surface area (TPSA) is 63.3 Å². The Labute approximate surface area is 127 Å². The van der Waals surface area contributed by atoms with E-state index in [0.717, 1.165) is 16.6 Å². The van der Waals surface area contributed by atoms with Crippen molar-refractivity contribution in [1.82, 2.24) is 4.98 Å². The lowest BCUT2D eigenvalue weighted by Gasteiger charge is -2.12. The lowest BCUT2D eigenvalue weighted by molar-refractivity contribution is 0.102. The number of anilines is 1. The van der Waals surface area contributed by atoms with Crippen LogP contribution in [-0.4, -0.2) is 25.1 Å². The van der Waals surface area contributed by atoms with E-state index in [1.54, 1.807) is 25.3 Å². The van der Waals surface area contributed by atoms with Crippen molar-refractivity contribution in [2.24, 2.45) is 0 Å². The van der Waals surface area contributed by atoms with E-state index < -0.39 is 0 Å². The van der Waals surface area contributed by atoms with Gasteiger partial charge in [-0.25, -0.2) is 0 Å². The van der Waals surface area contributed by atoms with Crippen molar-refractivity contribution in [3.8, 4) is 11.5 Å². The number of aromatic amines is 1. The summed E-state index contributed by atoms with van der Waals surface area (Å²) in [7, 11) is 3.06. The van der Waals surface area contributed by atoms with Gasteiger partial charge in [0.05, 0.1) is 19.8 Å². The number of hydrogen-bond donors (Lipinski definition) is 2. The highest BCUT2D eigenvalue weighted by molar-refractivity contribution is 6.07. The van der Waals surface area contributed by atoms with Gasteiger partial charge in [-0.3, -0.25) is 4.79 Å². The van der Waals surface area contributed by atoms with E-state index in [2.05, 4.69) is 10.3 Å². The van der Waals surface area contributed by atoms with Gasteiger partial charge in [-0.2, -0.15) is 0 Å². The van der Waals surface area contributed by atoms with Gasteiger partial charge in [-0.05, 0) is 36.4 Å². The summed E-state index contributed by atoms with van der Waals surface area (Å²) in [6.07, 6.45) is 1.86. The number of carbonyl (C=O) groups excluding carboxylic acids is 1. The van der Waals surface area contributed by atoms with Crippen molar-refractivity contribution in [3.63, 3.8) is 0 Å². The van der Waals surface area contributed by atoms with Crippen molar-refractivity contribution < 1.29 is 14.3 Å². The first-order valence-corrected chi connectivity index (χ1v) is 6.82. The van der Waals surface area contributed by atoms with Gasteiger partial charge in [0.2, 0.25) is 0 Å². The van der Waals surface area contributed by atoms with Crippen LogP contribution < -0.4 is 14.8 Å². The highest BCUT2D eigenvalue weighted by atomic mass is 16.5. The van der Waals surface area contributed by atoms with Crippen molar-refractivity contribution in [3.05, 3.63) is 54.2 Å². The molecule has 5 nitrogen and oxygen atoms in total. The summed E-state index contributed by atoms with van der Waals surface area (Å²) in [5.41, 5.74) is 2.18. The highest BCUT2D eigenvalue weighted by Gasteiger charge is 2.16. The molecule has 2 N–H and O–H groups in total. The number of methoxy groups -OCH3 is 2. The van der Waals surface area contributed by atoms with E-state index in [0.29, 0.717) is 17.1 Å². The Hall–Kier alpha value is -2.95. The lowest BCUT2D eigenvalue weighted by atomic mass is 10.1. The molecular weight excluding hydrogens is 280 g/mol. The normalized spacial score (nSPS) is 10.5. The summed E-state index contributed by atoms with van der Waals surface area (Å²) in [4.78, 5) is 15.6. The number of ether oxygens (including phenoxy) is 2. The standard InChI is InChI=1S/C17H16N2O3/c1-21-15-5-3-4-13(16(15)22-2)17(20)19-12-6-7-14-11(10-12)8-9-18-14/h3-10,18H,1-2H3,(H,19,20). The number of hydrogen-bond acceptors (Lipinski definition) is 3. The minimum absolute atomic E-state index is 0.245. The second-order valence-electron chi connectivity index (χ2n) is 4.77. The zero-order valence-corrected chi connectivity index (χ0v) is 12.3. The summed E-state index contributed by atoms with van der Waals surface area (Å²) < 4.78 is 10.5. The van der Waals surface area contributed by atoms with E-state index in [9.17, 15) is 4.79 Å². The molecule has 0 fully saturated rings. The first-order valence-electron chi connectivity index (χ1n) is 6.82. The van der Waals surface area contributed by atoms with Crippen LogP contribution in [0.2, 0.25) is 0 Å². The molecule has 112 valence electrons. The van der Waals surface area contributed by atoms with Crippen molar-refractivity contribution in [2.75, 3.05) is 19.5 Å². The summed E-state index contributed by atoms with van der Waals surface area (Å²) in [5, 5.41) is 3.92. The zero-order valence-electron chi connectivity index (χ0n) is 12.3. The van der Waals surface area contributed by atoms with E-state index in [1.165, 1.54) is 7.11 Å². The minimum Gasteiger partial charge on any atom is -0.493 e. The Bertz CT molecular complexity index is 824. The summed E-state index contributed by atoms with van der Waals surface area (Å²) >= 11 is 0. The second-order valence-corrected chi connectivity index (χ2v) is 4.77. The van der Waals surface area contributed by atoms with Gasteiger partial charge in [0, 0.05) is 22.8 Å². The second kappa shape index (κ2) is 5.81. The Kier molecular flexibility index (Phi) is 3.70. The Balaban J connectivity index is 1.91. The number of benzene rings is 2. The molecule has 0 saturated heterocycles. The molecule has 1 amide bonds. The third-order valence-corrected chi connectivity index (χ3v) is 3.46. The van der Waals surface area contributed by atoms with Gasteiger partial charge in [0.1, 0.15) is 0 Å². The van der Waals surface area contributed by atoms with Crippen LogP contribution >= 0.6 is 0 Å². The molecule has 3 rings (SSSR count). The van der Waals surface area contributed by atoms with Crippen LogP contribution in [0, 0.1) is 0 Å². The number of para-hydroxylation sites is 1. The number of amides is 1. The van der Waals surface area contributed by atoms with Crippen LogP contribution in [0.3, 0.4) is 0 Å². The average Bonchev–Trinajstić information content (AvgIpc) is 3.01. The monoisotopic (exact) mass is 296 g/mol. The Morgan fingerprint density at radius 3 is 2.73 bits per heavy atom. The van der Waals surface area contributed by atoms with Crippen LogP contribution in [-0.2, 0) is 0 Å². The molecule has 0 radical (unpaired) electrons. The van der Waals surface area contributed by atoms with Crippen molar-refractivity contribution in [1.29, 1.82) is 0 Å². The molecule has 3 aromatic rings. The molecule has 22 heavy (non-hydrogen) atoms. The van der Waals surface area contributed by atoms with Gasteiger partial charge in [-0.15, -0.1) is 0 Å². The van der Waals surface area contributed by atoms with Crippen LogP contribution in [0.1, 0.15) is 10.4 Å². The maximum absolute atomic E-state index is 12.5. The maximum Gasteiger partial charge on any atom is 0.259 e. The molecule has 0 saturated carbocycles. The van der Waals surface area contributed by atoms with Crippen LogP contribution in [0.5, 0.6) is 11.5 Å². The van der Waals surface area contributed by atoms with E-state index >= 15 is 0 Å². The molecule has 1 aromatic heterocycles. The summed E-state index contributed by atoms with van der Waals surface area (Å²) in [6.45, 7) is 0. The van der Waals surface area contributed by atoms with Gasteiger partial charge in [0.15, 0.2) is 11.5 Å². The summed E-state index contributed by atoms with van der Waals surface area (Å²) in [6, 6.07) is 12.9. The van der Waals surface area contributed by atoms with Gasteiger partial charge in [-0.1, -0.05) is 6.07 Å². The fourth-order valence-corrected chi connectivity index (χ4v) is 2.40. The van der Waals surface area contributed by atoms with Crippen LogP contribution in [0.4, 0.5) is 5.69 Å². The molecular formula is C17H16N2O3.